The highest BCUT2D eigenvalue weighted by Crippen LogP contribution is 2.40. The van der Waals surface area contributed by atoms with Crippen molar-refractivity contribution in [1.82, 2.24) is 30.9 Å². The number of hydrogen-bond acceptors (Lipinski definition) is 5. The molecule has 1 aromatic carbocycles. The SMILES string of the molecule is CC(C)NC(=O)C1CCC2C(=O)N(Cc3ccccc3)C3NN(CC(=O)NC(C)(C)C)C(=O)N3C2C1. The van der Waals surface area contributed by atoms with E-state index in [0.717, 1.165) is 5.56 Å². The molecule has 5 amide bonds. The molecule has 4 atom stereocenters. The Kier molecular flexibility index (Phi) is 7.26. The lowest BCUT2D eigenvalue weighted by atomic mass is 9.75. The number of nitrogens with one attached hydrogen (secondary N) is 3. The monoisotopic (exact) mass is 498 g/mol. The fraction of sp³-hybridized carbons (Fsp3) is 0.615. The first-order chi connectivity index (χ1) is 16.9. The van der Waals surface area contributed by atoms with Gasteiger partial charge in [-0.3, -0.25) is 19.3 Å². The first-order valence-electron chi connectivity index (χ1n) is 12.8. The van der Waals surface area contributed by atoms with E-state index in [-0.39, 0.29) is 48.2 Å². The largest absolute Gasteiger partial charge is 0.354 e. The van der Waals surface area contributed by atoms with Crippen molar-refractivity contribution < 1.29 is 19.2 Å². The highest BCUT2D eigenvalue weighted by Gasteiger charge is 2.56. The second kappa shape index (κ2) is 10.1. The van der Waals surface area contributed by atoms with Crippen molar-refractivity contribution in [1.29, 1.82) is 0 Å². The van der Waals surface area contributed by atoms with E-state index in [1.54, 1.807) is 9.80 Å². The molecular weight excluding hydrogens is 460 g/mol. The van der Waals surface area contributed by atoms with Crippen LogP contribution >= 0.6 is 0 Å². The van der Waals surface area contributed by atoms with E-state index < -0.39 is 17.9 Å². The molecule has 36 heavy (non-hydrogen) atoms. The summed E-state index contributed by atoms with van der Waals surface area (Å²) in [5, 5.41) is 7.14. The third-order valence-electron chi connectivity index (χ3n) is 6.87. The van der Waals surface area contributed by atoms with Gasteiger partial charge in [0.05, 0.1) is 5.92 Å². The van der Waals surface area contributed by atoms with E-state index in [0.29, 0.717) is 25.8 Å². The average Bonchev–Trinajstić information content (AvgIpc) is 3.11. The second-order valence-corrected chi connectivity index (χ2v) is 11.4. The molecule has 3 N–H and O–H groups in total. The van der Waals surface area contributed by atoms with Crippen molar-refractivity contribution in [2.45, 2.75) is 84.3 Å². The Morgan fingerprint density at radius 3 is 2.44 bits per heavy atom. The first-order valence-corrected chi connectivity index (χ1v) is 12.8. The maximum absolute atomic E-state index is 13.7. The summed E-state index contributed by atoms with van der Waals surface area (Å²) in [6.07, 6.45) is 0.829. The minimum atomic E-state index is -0.721. The van der Waals surface area contributed by atoms with Crippen molar-refractivity contribution in [2.24, 2.45) is 11.8 Å². The molecule has 2 aliphatic heterocycles. The lowest BCUT2D eigenvalue weighted by Gasteiger charge is -2.49. The van der Waals surface area contributed by atoms with Crippen molar-refractivity contribution in [3.05, 3.63) is 35.9 Å². The Morgan fingerprint density at radius 1 is 1.11 bits per heavy atom. The summed E-state index contributed by atoms with van der Waals surface area (Å²) in [6, 6.07) is 8.89. The van der Waals surface area contributed by atoms with E-state index in [1.807, 2.05) is 65.0 Å². The third kappa shape index (κ3) is 5.48. The van der Waals surface area contributed by atoms with Gasteiger partial charge in [-0.2, -0.15) is 5.43 Å². The van der Waals surface area contributed by atoms with Crippen LogP contribution in [0.3, 0.4) is 0 Å². The van der Waals surface area contributed by atoms with Gasteiger partial charge in [0.2, 0.25) is 17.7 Å². The number of hydrogen-bond donors (Lipinski definition) is 3. The van der Waals surface area contributed by atoms with Crippen molar-refractivity contribution in [3.8, 4) is 0 Å². The number of fused-ring (bicyclic) bond motifs is 3. The lowest BCUT2D eigenvalue weighted by molar-refractivity contribution is -0.159. The van der Waals surface area contributed by atoms with E-state index >= 15 is 0 Å². The highest BCUT2D eigenvalue weighted by molar-refractivity contribution is 5.89. The van der Waals surface area contributed by atoms with E-state index in [4.69, 9.17) is 0 Å². The predicted octanol–water partition coefficient (Wildman–Crippen LogP) is 1.78. The van der Waals surface area contributed by atoms with Crippen LogP contribution in [-0.4, -0.2) is 69.0 Å². The van der Waals surface area contributed by atoms with Gasteiger partial charge < -0.3 is 15.5 Å². The molecule has 1 saturated carbocycles. The van der Waals surface area contributed by atoms with Gasteiger partial charge in [-0.1, -0.05) is 30.3 Å². The Labute approximate surface area is 212 Å². The fourth-order valence-electron chi connectivity index (χ4n) is 5.42. The average molecular weight is 499 g/mol. The molecule has 3 fully saturated rings. The van der Waals surface area contributed by atoms with Gasteiger partial charge in [-0.15, -0.1) is 0 Å². The molecule has 10 nitrogen and oxygen atoms in total. The van der Waals surface area contributed by atoms with E-state index in [9.17, 15) is 19.2 Å². The Hall–Kier alpha value is -3.14. The van der Waals surface area contributed by atoms with Crippen molar-refractivity contribution in [2.75, 3.05) is 6.54 Å². The number of amides is 5. The van der Waals surface area contributed by atoms with Crippen LogP contribution in [0.5, 0.6) is 0 Å². The molecule has 196 valence electrons. The Morgan fingerprint density at radius 2 is 1.81 bits per heavy atom. The molecule has 0 radical (unpaired) electrons. The van der Waals surface area contributed by atoms with Gasteiger partial charge in [0.1, 0.15) is 6.54 Å². The van der Waals surface area contributed by atoms with Crippen LogP contribution in [0.2, 0.25) is 0 Å². The first kappa shape index (κ1) is 25.9. The molecule has 1 aromatic rings. The minimum Gasteiger partial charge on any atom is -0.354 e. The molecule has 2 heterocycles. The molecule has 1 aliphatic carbocycles. The fourth-order valence-corrected chi connectivity index (χ4v) is 5.42. The summed E-state index contributed by atoms with van der Waals surface area (Å²) in [4.78, 5) is 56.1. The van der Waals surface area contributed by atoms with Gasteiger partial charge in [0, 0.05) is 30.1 Å². The molecular formula is C26H38N6O4. The summed E-state index contributed by atoms with van der Waals surface area (Å²) in [5.74, 6) is -1.02. The van der Waals surface area contributed by atoms with Gasteiger partial charge in [-0.25, -0.2) is 9.80 Å². The number of carbonyl (C=O) groups excluding carboxylic acids is 4. The number of carbonyl (C=O) groups is 4. The summed E-state index contributed by atoms with van der Waals surface area (Å²) in [6.45, 7) is 9.63. The molecule has 0 aromatic heterocycles. The maximum atomic E-state index is 13.7. The van der Waals surface area contributed by atoms with E-state index in [2.05, 4.69) is 16.1 Å². The number of hydrazine groups is 1. The number of rotatable bonds is 6. The van der Waals surface area contributed by atoms with E-state index in [1.165, 1.54) is 5.01 Å². The number of urea groups is 1. The smallest absolute Gasteiger partial charge is 0.337 e. The summed E-state index contributed by atoms with van der Waals surface area (Å²) in [5.41, 5.74) is 3.64. The van der Waals surface area contributed by atoms with Crippen LogP contribution in [0, 0.1) is 11.8 Å². The van der Waals surface area contributed by atoms with Crippen LogP contribution < -0.4 is 16.1 Å². The quantitative estimate of drug-likeness (QED) is 0.553. The third-order valence-corrected chi connectivity index (χ3v) is 6.87. The summed E-state index contributed by atoms with van der Waals surface area (Å²) >= 11 is 0. The summed E-state index contributed by atoms with van der Waals surface area (Å²) in [7, 11) is 0. The normalized spacial score (nSPS) is 26.1. The molecule has 4 rings (SSSR count). The summed E-state index contributed by atoms with van der Waals surface area (Å²) < 4.78 is 0. The minimum absolute atomic E-state index is 0.0178. The highest BCUT2D eigenvalue weighted by atomic mass is 16.2. The van der Waals surface area contributed by atoms with Gasteiger partial charge in [0.25, 0.3) is 0 Å². The molecule has 3 aliphatic rings. The predicted molar refractivity (Wildman–Crippen MR) is 134 cm³/mol. The van der Waals surface area contributed by atoms with Gasteiger partial charge >= 0.3 is 6.03 Å². The Bertz CT molecular complexity index is 1010. The zero-order valence-electron chi connectivity index (χ0n) is 21.8. The van der Waals surface area contributed by atoms with Crippen LogP contribution in [0.25, 0.3) is 0 Å². The van der Waals surface area contributed by atoms with Crippen LogP contribution in [0.1, 0.15) is 59.4 Å². The maximum Gasteiger partial charge on any atom is 0.337 e. The zero-order valence-corrected chi connectivity index (χ0v) is 21.8. The Balaban J connectivity index is 1.60. The number of nitrogens with zero attached hydrogens (tertiary/aromatic N) is 3. The topological polar surface area (TPSA) is 114 Å². The molecule has 4 unspecified atom stereocenters. The lowest BCUT2D eigenvalue weighted by Crippen LogP contribution is -2.66. The molecule has 0 bridgehead atoms. The van der Waals surface area contributed by atoms with Crippen LogP contribution in [0.15, 0.2) is 30.3 Å². The molecule has 2 saturated heterocycles. The second-order valence-electron chi connectivity index (χ2n) is 11.4. The van der Waals surface area contributed by atoms with Crippen molar-refractivity contribution in [3.63, 3.8) is 0 Å². The zero-order chi connectivity index (χ0) is 26.2. The van der Waals surface area contributed by atoms with Crippen LogP contribution in [-0.2, 0) is 20.9 Å². The molecule has 10 heteroatoms. The van der Waals surface area contributed by atoms with Crippen LogP contribution in [0.4, 0.5) is 4.79 Å². The standard InChI is InChI=1S/C26H38N6O4/c1-16(2)27-22(34)18-11-12-19-20(13-18)32-24(30(23(19)35)14-17-9-7-6-8-10-17)29-31(25(32)36)15-21(33)28-26(3,4)5/h6-10,16,18-20,24,29H,11-15H2,1-5H3,(H,27,34)(H,28,33). The van der Waals surface area contributed by atoms with Gasteiger partial charge in [0.15, 0.2) is 6.29 Å². The van der Waals surface area contributed by atoms with Crippen molar-refractivity contribution >= 4 is 23.8 Å². The van der Waals surface area contributed by atoms with Gasteiger partial charge in [-0.05, 0) is 59.4 Å². The number of benzene rings is 1. The molecule has 0 spiro atoms.